The summed E-state index contributed by atoms with van der Waals surface area (Å²) in [6.07, 6.45) is 5.24. The molecule has 0 aromatic rings. The molecule has 0 bridgehead atoms. The average molecular weight is 297 g/mol. The van der Waals surface area contributed by atoms with Crippen LogP contribution < -0.4 is 0 Å². The van der Waals surface area contributed by atoms with Crippen molar-refractivity contribution in [2.45, 2.75) is 72.4 Å². The normalized spacial score (nSPS) is 14.6. The monoisotopic (exact) mass is 296 g/mol. The van der Waals surface area contributed by atoms with Gasteiger partial charge in [-0.15, -0.1) is 22.2 Å². The second-order valence-electron chi connectivity index (χ2n) is 6.42. The molecule has 104 valence electrons. The molecule has 0 unspecified atom stereocenters. The summed E-state index contributed by atoms with van der Waals surface area (Å²) in [5, 5.41) is 0. The Labute approximate surface area is 119 Å². The predicted octanol–water partition coefficient (Wildman–Crippen LogP) is 6.41. The minimum Gasteiger partial charge on any atom is -0.146 e. The van der Waals surface area contributed by atoms with Gasteiger partial charge in [-0.05, 0) is 29.8 Å². The minimum absolute atomic E-state index is 0.632. The van der Waals surface area contributed by atoms with E-state index in [-0.39, 0.29) is 0 Å². The molecule has 0 saturated heterocycles. The van der Waals surface area contributed by atoms with Gasteiger partial charge in [-0.25, -0.2) is 0 Å². The van der Waals surface area contributed by atoms with Gasteiger partial charge in [0.25, 0.3) is 6.69 Å². The number of hydrogen-bond donors (Lipinski definition) is 0. The Bertz CT molecular complexity index is 191. The van der Waals surface area contributed by atoms with Crippen molar-refractivity contribution in [1.29, 1.82) is 0 Å². The Morgan fingerprint density at radius 3 is 1.88 bits per heavy atom. The molecule has 0 aliphatic rings. The van der Waals surface area contributed by atoms with Crippen LogP contribution >= 0.6 is 22.2 Å². The first kappa shape index (κ1) is 17.8. The van der Waals surface area contributed by atoms with Crippen LogP contribution in [0.1, 0.15) is 60.3 Å². The standard InChI is InChI=1S/C14H30Cl2Si/c1-12(2)7-6-8-14(5)9-10-17(15,16)11-13(3)4/h12-14H,6-11H2,1-5H3/t14-/m1/s1. The third-order valence-corrected chi connectivity index (χ3v) is 7.68. The van der Waals surface area contributed by atoms with E-state index in [0.717, 1.165) is 23.9 Å². The van der Waals surface area contributed by atoms with Gasteiger partial charge in [-0.2, -0.15) is 0 Å². The van der Waals surface area contributed by atoms with Crippen molar-refractivity contribution >= 4 is 28.9 Å². The summed E-state index contributed by atoms with van der Waals surface area (Å²) in [5.74, 6) is 2.25. The molecule has 0 saturated carbocycles. The third kappa shape index (κ3) is 11.6. The molecular formula is C14H30Cl2Si. The molecule has 0 spiro atoms. The maximum atomic E-state index is 6.46. The van der Waals surface area contributed by atoms with Crippen LogP contribution in [0.2, 0.25) is 12.1 Å². The van der Waals surface area contributed by atoms with Crippen LogP contribution in [0.4, 0.5) is 0 Å². The van der Waals surface area contributed by atoms with Crippen LogP contribution in [-0.2, 0) is 0 Å². The molecule has 0 fully saturated rings. The van der Waals surface area contributed by atoms with Gasteiger partial charge in [-0.1, -0.05) is 60.3 Å². The quantitative estimate of drug-likeness (QED) is 0.340. The first-order valence-electron chi connectivity index (χ1n) is 7.10. The Balaban J connectivity index is 3.71. The molecule has 0 aromatic heterocycles. The van der Waals surface area contributed by atoms with E-state index >= 15 is 0 Å². The maximum absolute atomic E-state index is 6.46. The second kappa shape index (κ2) is 8.82. The zero-order chi connectivity index (χ0) is 13.5. The lowest BCUT2D eigenvalue weighted by Gasteiger charge is -2.21. The summed E-state index contributed by atoms with van der Waals surface area (Å²) in [5.41, 5.74) is 0. The summed E-state index contributed by atoms with van der Waals surface area (Å²) in [6.45, 7) is 9.40. The molecule has 0 heterocycles. The number of hydrogen-bond acceptors (Lipinski definition) is 0. The topological polar surface area (TPSA) is 0 Å². The van der Waals surface area contributed by atoms with E-state index in [1.165, 1.54) is 25.7 Å². The highest BCUT2D eigenvalue weighted by Crippen LogP contribution is 2.32. The fourth-order valence-corrected chi connectivity index (χ4v) is 7.00. The minimum atomic E-state index is -1.95. The Morgan fingerprint density at radius 1 is 0.824 bits per heavy atom. The van der Waals surface area contributed by atoms with Crippen molar-refractivity contribution < 1.29 is 0 Å². The van der Waals surface area contributed by atoms with E-state index in [1.54, 1.807) is 0 Å². The summed E-state index contributed by atoms with van der Waals surface area (Å²) in [4.78, 5) is 0. The van der Waals surface area contributed by atoms with Crippen LogP contribution in [0.15, 0.2) is 0 Å². The van der Waals surface area contributed by atoms with Gasteiger partial charge in [0.15, 0.2) is 0 Å². The highest BCUT2D eigenvalue weighted by Gasteiger charge is 2.29. The van der Waals surface area contributed by atoms with Crippen molar-refractivity contribution in [3.05, 3.63) is 0 Å². The van der Waals surface area contributed by atoms with Gasteiger partial charge >= 0.3 is 0 Å². The van der Waals surface area contributed by atoms with E-state index in [1.807, 2.05) is 0 Å². The molecule has 17 heavy (non-hydrogen) atoms. The van der Waals surface area contributed by atoms with E-state index in [2.05, 4.69) is 34.6 Å². The third-order valence-electron chi connectivity index (χ3n) is 3.19. The van der Waals surface area contributed by atoms with Crippen LogP contribution in [0.5, 0.6) is 0 Å². The molecule has 0 N–H and O–H groups in total. The molecule has 0 aromatic carbocycles. The van der Waals surface area contributed by atoms with Crippen molar-refractivity contribution in [1.82, 2.24) is 0 Å². The lowest BCUT2D eigenvalue weighted by Crippen LogP contribution is -2.22. The highest BCUT2D eigenvalue weighted by atomic mass is 35.7. The first-order chi connectivity index (χ1) is 7.73. The zero-order valence-corrected chi connectivity index (χ0v) is 14.7. The SMILES string of the molecule is CC(C)CCC[C@@H](C)CC[Si](Cl)(Cl)CC(C)C. The average Bonchev–Trinajstić information content (AvgIpc) is 2.12. The first-order valence-corrected chi connectivity index (χ1v) is 11.5. The maximum Gasteiger partial charge on any atom is 0.251 e. The second-order valence-corrected chi connectivity index (χ2v) is 14.0. The largest absolute Gasteiger partial charge is 0.251 e. The lowest BCUT2D eigenvalue weighted by atomic mass is 9.98. The number of rotatable bonds is 9. The van der Waals surface area contributed by atoms with E-state index in [9.17, 15) is 0 Å². The molecule has 0 rings (SSSR count). The smallest absolute Gasteiger partial charge is 0.146 e. The van der Waals surface area contributed by atoms with E-state index in [0.29, 0.717) is 5.92 Å². The molecule has 1 atom stereocenters. The summed E-state index contributed by atoms with van der Waals surface area (Å²) >= 11 is 12.9. The lowest BCUT2D eigenvalue weighted by molar-refractivity contribution is 0.448. The molecule has 0 aliphatic heterocycles. The van der Waals surface area contributed by atoms with Crippen molar-refractivity contribution in [3.8, 4) is 0 Å². The van der Waals surface area contributed by atoms with Crippen molar-refractivity contribution in [2.24, 2.45) is 17.8 Å². The van der Waals surface area contributed by atoms with Gasteiger partial charge in [0, 0.05) is 0 Å². The van der Waals surface area contributed by atoms with Crippen LogP contribution in [-0.4, -0.2) is 6.69 Å². The zero-order valence-electron chi connectivity index (χ0n) is 12.2. The Morgan fingerprint density at radius 2 is 1.41 bits per heavy atom. The molecule has 0 nitrogen and oxygen atoms in total. The van der Waals surface area contributed by atoms with Crippen molar-refractivity contribution in [3.63, 3.8) is 0 Å². The molecule has 3 heteroatoms. The van der Waals surface area contributed by atoms with E-state index < -0.39 is 6.69 Å². The van der Waals surface area contributed by atoms with Gasteiger partial charge in [0.05, 0.1) is 0 Å². The fourth-order valence-electron chi connectivity index (χ4n) is 2.18. The fraction of sp³-hybridized carbons (Fsp3) is 1.00. The van der Waals surface area contributed by atoms with Crippen LogP contribution in [0, 0.1) is 17.8 Å². The molecular weight excluding hydrogens is 267 g/mol. The molecule has 0 aliphatic carbocycles. The van der Waals surface area contributed by atoms with Crippen LogP contribution in [0.3, 0.4) is 0 Å². The predicted molar refractivity (Wildman–Crippen MR) is 84.4 cm³/mol. The van der Waals surface area contributed by atoms with Gasteiger partial charge in [0.2, 0.25) is 0 Å². The summed E-state index contributed by atoms with van der Waals surface area (Å²) < 4.78 is 0. The highest BCUT2D eigenvalue weighted by molar-refractivity contribution is 7.45. The molecule has 0 amide bonds. The molecule has 0 radical (unpaired) electrons. The number of halogens is 2. The van der Waals surface area contributed by atoms with E-state index in [4.69, 9.17) is 22.2 Å². The van der Waals surface area contributed by atoms with Gasteiger partial charge in [-0.3, -0.25) is 0 Å². The van der Waals surface area contributed by atoms with Crippen molar-refractivity contribution in [2.75, 3.05) is 0 Å². The van der Waals surface area contributed by atoms with Gasteiger partial charge < -0.3 is 0 Å². The summed E-state index contributed by atoms with van der Waals surface area (Å²) in [7, 11) is 0. The Kier molecular flexibility index (Phi) is 9.24. The van der Waals surface area contributed by atoms with Gasteiger partial charge in [0.1, 0.15) is 0 Å². The summed E-state index contributed by atoms with van der Waals surface area (Å²) in [6, 6.07) is 2.10. The Hall–Kier alpha value is 0.797. The van der Waals surface area contributed by atoms with Crippen LogP contribution in [0.25, 0.3) is 0 Å².